The zero-order chi connectivity index (χ0) is 22.1. The third-order valence-corrected chi connectivity index (χ3v) is 4.92. The molecule has 2 aromatic rings. The van der Waals surface area contributed by atoms with Gasteiger partial charge >= 0.3 is 6.18 Å². The minimum absolute atomic E-state index is 0.0745. The minimum Gasteiger partial charge on any atom is -0.367 e. The molecule has 2 N–H and O–H groups in total. The number of amides is 2. The average molecular weight is 439 g/mol. The first-order valence-corrected chi connectivity index (χ1v) is 9.35. The van der Waals surface area contributed by atoms with E-state index in [-0.39, 0.29) is 29.8 Å². The second-order valence-corrected chi connectivity index (χ2v) is 7.02. The van der Waals surface area contributed by atoms with E-state index in [2.05, 4.69) is 22.2 Å². The summed E-state index contributed by atoms with van der Waals surface area (Å²) in [6.45, 7) is 5.81. The first kappa shape index (κ1) is 21.6. The summed E-state index contributed by atoms with van der Waals surface area (Å²) in [4.78, 5) is 30.0. The van der Waals surface area contributed by atoms with Gasteiger partial charge in [-0.1, -0.05) is 36.4 Å². The van der Waals surface area contributed by atoms with Crippen molar-refractivity contribution in [3.8, 4) is 0 Å². The molecule has 0 saturated heterocycles. The summed E-state index contributed by atoms with van der Waals surface area (Å²) < 4.78 is 37.9. The van der Waals surface area contributed by atoms with Crippen LogP contribution < -0.4 is 10.6 Å². The predicted octanol–water partition coefficient (Wildman–Crippen LogP) is 3.80. The van der Waals surface area contributed by atoms with Gasteiger partial charge in [0.25, 0.3) is 5.91 Å². The van der Waals surface area contributed by atoms with Gasteiger partial charge in [0.1, 0.15) is 11.9 Å². The van der Waals surface area contributed by atoms with Crippen LogP contribution in [-0.4, -0.2) is 40.8 Å². The standard InChI is InChI=1S/C20H18ClF3N4O2/c1-11-14-5-3-4-6-15(14)19(30)28(11)12(2)18(29)26-8-7-25-17-16(21)9-13(10-27-17)20(22,23)24/h3-6,9-10,12H,1,7-8H2,2H3,(H,25,27)(H,26,29)/t12-/m0/s1. The van der Waals surface area contributed by atoms with Gasteiger partial charge in [-0.05, 0) is 19.1 Å². The van der Waals surface area contributed by atoms with Crippen LogP contribution in [-0.2, 0) is 11.0 Å². The fraction of sp³-hybridized carbons (Fsp3) is 0.250. The molecule has 2 heterocycles. The SMILES string of the molecule is C=C1c2ccccc2C(=O)N1[C@@H](C)C(=O)NCCNc1ncc(C(F)(F)F)cc1Cl. The highest BCUT2D eigenvalue weighted by Crippen LogP contribution is 2.33. The van der Waals surface area contributed by atoms with Gasteiger partial charge < -0.3 is 10.6 Å². The number of alkyl halides is 3. The first-order chi connectivity index (χ1) is 14.1. The molecule has 0 radical (unpaired) electrons. The molecule has 0 spiro atoms. The lowest BCUT2D eigenvalue weighted by atomic mass is 10.1. The van der Waals surface area contributed by atoms with Crippen molar-refractivity contribution < 1.29 is 22.8 Å². The predicted molar refractivity (Wildman–Crippen MR) is 107 cm³/mol. The summed E-state index contributed by atoms with van der Waals surface area (Å²) >= 11 is 5.82. The highest BCUT2D eigenvalue weighted by Gasteiger charge is 2.36. The fourth-order valence-electron chi connectivity index (χ4n) is 3.07. The van der Waals surface area contributed by atoms with Crippen LogP contribution in [0.15, 0.2) is 43.1 Å². The van der Waals surface area contributed by atoms with Crippen LogP contribution in [0.1, 0.15) is 28.4 Å². The molecule has 0 unspecified atom stereocenters. The number of rotatable bonds is 6. The Morgan fingerprint density at radius 3 is 2.53 bits per heavy atom. The summed E-state index contributed by atoms with van der Waals surface area (Å²) in [6, 6.07) is 6.97. The maximum Gasteiger partial charge on any atom is 0.417 e. The average Bonchev–Trinajstić information content (AvgIpc) is 2.95. The number of carbonyl (C=O) groups excluding carboxylic acids is 2. The van der Waals surface area contributed by atoms with Crippen molar-refractivity contribution in [1.82, 2.24) is 15.2 Å². The van der Waals surface area contributed by atoms with E-state index in [1.165, 1.54) is 4.90 Å². The van der Waals surface area contributed by atoms with Crippen molar-refractivity contribution in [1.29, 1.82) is 0 Å². The van der Waals surface area contributed by atoms with E-state index in [1.807, 2.05) is 0 Å². The Hall–Kier alpha value is -3.07. The molecule has 0 aliphatic carbocycles. The molecule has 0 saturated carbocycles. The van der Waals surface area contributed by atoms with Crippen molar-refractivity contribution in [3.63, 3.8) is 0 Å². The van der Waals surface area contributed by atoms with Gasteiger partial charge in [-0.2, -0.15) is 13.2 Å². The molecule has 2 amide bonds. The molecule has 3 rings (SSSR count). The Morgan fingerprint density at radius 1 is 1.27 bits per heavy atom. The van der Waals surface area contributed by atoms with Crippen molar-refractivity contribution in [2.24, 2.45) is 0 Å². The number of carbonyl (C=O) groups is 2. The van der Waals surface area contributed by atoms with Crippen molar-refractivity contribution >= 4 is 34.9 Å². The fourth-order valence-corrected chi connectivity index (χ4v) is 3.30. The maximum absolute atomic E-state index is 12.6. The molecule has 1 aromatic carbocycles. The Morgan fingerprint density at radius 2 is 1.93 bits per heavy atom. The molecule has 0 fully saturated rings. The number of pyridine rings is 1. The van der Waals surface area contributed by atoms with Crippen LogP contribution in [0.3, 0.4) is 0 Å². The van der Waals surface area contributed by atoms with Crippen molar-refractivity contribution in [2.75, 3.05) is 18.4 Å². The Kier molecular flexibility index (Phi) is 6.02. The third-order valence-electron chi connectivity index (χ3n) is 4.63. The number of anilines is 1. The van der Waals surface area contributed by atoms with Gasteiger partial charge in [0.05, 0.1) is 10.6 Å². The van der Waals surface area contributed by atoms with Crippen LogP contribution in [0.4, 0.5) is 19.0 Å². The van der Waals surface area contributed by atoms with E-state index < -0.39 is 23.7 Å². The molecule has 158 valence electrons. The highest BCUT2D eigenvalue weighted by atomic mass is 35.5. The number of hydrogen-bond acceptors (Lipinski definition) is 4. The Labute approximate surface area is 175 Å². The normalized spacial score (nSPS) is 14.5. The Bertz CT molecular complexity index is 975. The molecule has 1 aromatic heterocycles. The topological polar surface area (TPSA) is 74.3 Å². The summed E-state index contributed by atoms with van der Waals surface area (Å²) in [6.07, 6.45) is -3.85. The third kappa shape index (κ3) is 4.25. The second-order valence-electron chi connectivity index (χ2n) is 6.61. The van der Waals surface area contributed by atoms with Crippen LogP contribution in [0, 0.1) is 0 Å². The Balaban J connectivity index is 1.53. The van der Waals surface area contributed by atoms with E-state index in [4.69, 9.17) is 11.6 Å². The lowest BCUT2D eigenvalue weighted by molar-refractivity contribution is -0.137. The number of nitrogens with one attached hydrogen (secondary N) is 2. The van der Waals surface area contributed by atoms with E-state index in [1.54, 1.807) is 31.2 Å². The van der Waals surface area contributed by atoms with Crippen LogP contribution in [0.2, 0.25) is 5.02 Å². The number of benzene rings is 1. The molecule has 0 bridgehead atoms. The molecule has 10 heteroatoms. The first-order valence-electron chi connectivity index (χ1n) is 8.97. The van der Waals surface area contributed by atoms with Gasteiger partial charge in [0, 0.05) is 36.1 Å². The summed E-state index contributed by atoms with van der Waals surface area (Å²) in [5, 5.41) is 5.25. The number of halogens is 4. The molecule has 1 aliphatic heterocycles. The molecule has 1 atom stereocenters. The zero-order valence-corrected chi connectivity index (χ0v) is 16.6. The smallest absolute Gasteiger partial charge is 0.367 e. The quantitative estimate of drug-likeness (QED) is 0.673. The lowest BCUT2D eigenvalue weighted by Gasteiger charge is -2.24. The van der Waals surface area contributed by atoms with Crippen LogP contribution in [0.5, 0.6) is 0 Å². The second kappa shape index (κ2) is 8.35. The number of fused-ring (bicyclic) bond motifs is 1. The van der Waals surface area contributed by atoms with E-state index in [9.17, 15) is 22.8 Å². The molecular weight excluding hydrogens is 421 g/mol. The van der Waals surface area contributed by atoms with Gasteiger partial charge in [0.15, 0.2) is 0 Å². The minimum atomic E-state index is -4.53. The molecular formula is C20H18ClF3N4O2. The largest absolute Gasteiger partial charge is 0.417 e. The zero-order valence-electron chi connectivity index (χ0n) is 15.9. The summed E-state index contributed by atoms with van der Waals surface area (Å²) in [5.41, 5.74) is 0.687. The molecule has 30 heavy (non-hydrogen) atoms. The van der Waals surface area contributed by atoms with E-state index in [0.29, 0.717) is 23.0 Å². The number of aromatic nitrogens is 1. The number of nitrogens with zero attached hydrogens (tertiary/aromatic N) is 2. The number of hydrogen-bond donors (Lipinski definition) is 2. The monoisotopic (exact) mass is 438 g/mol. The van der Waals surface area contributed by atoms with Gasteiger partial charge in [-0.25, -0.2) is 4.98 Å². The van der Waals surface area contributed by atoms with Crippen LogP contribution >= 0.6 is 11.6 Å². The van der Waals surface area contributed by atoms with Crippen LogP contribution in [0.25, 0.3) is 5.70 Å². The summed E-state index contributed by atoms with van der Waals surface area (Å²) in [5.74, 6) is -0.617. The van der Waals surface area contributed by atoms with Crippen molar-refractivity contribution in [3.05, 3.63) is 64.8 Å². The van der Waals surface area contributed by atoms with Gasteiger partial charge in [0.2, 0.25) is 5.91 Å². The van der Waals surface area contributed by atoms with E-state index >= 15 is 0 Å². The maximum atomic E-state index is 12.6. The molecule has 1 aliphatic rings. The van der Waals surface area contributed by atoms with Gasteiger partial charge in [-0.15, -0.1) is 0 Å². The van der Waals surface area contributed by atoms with Gasteiger partial charge in [-0.3, -0.25) is 14.5 Å². The highest BCUT2D eigenvalue weighted by molar-refractivity contribution is 6.33. The lowest BCUT2D eigenvalue weighted by Crippen LogP contribution is -2.45. The van der Waals surface area contributed by atoms with Crippen molar-refractivity contribution in [2.45, 2.75) is 19.1 Å². The van der Waals surface area contributed by atoms with E-state index in [0.717, 1.165) is 6.07 Å². The molecule has 6 nitrogen and oxygen atoms in total. The summed E-state index contributed by atoms with van der Waals surface area (Å²) in [7, 11) is 0.